The second-order valence-corrected chi connectivity index (χ2v) is 5.97. The SMILES string of the molecule is O=C(O[C@@H]([C@H](OC(=O)c1ccccc1)[C@H](O)CO)[C@H](O)CO)c1ccccc1. The molecule has 0 unspecified atom stereocenters. The molecule has 0 heterocycles. The van der Waals surface area contributed by atoms with Crippen molar-refractivity contribution >= 4 is 11.9 Å². The fraction of sp³-hybridized carbons (Fsp3) is 0.300. The monoisotopic (exact) mass is 390 g/mol. The first kappa shape index (κ1) is 21.5. The highest BCUT2D eigenvalue weighted by Gasteiger charge is 2.39. The van der Waals surface area contributed by atoms with Crippen molar-refractivity contribution in [1.82, 2.24) is 0 Å². The van der Waals surface area contributed by atoms with Crippen molar-refractivity contribution in [2.45, 2.75) is 24.4 Å². The van der Waals surface area contributed by atoms with Crippen molar-refractivity contribution in [1.29, 1.82) is 0 Å². The summed E-state index contributed by atoms with van der Waals surface area (Å²) in [6, 6.07) is 15.7. The van der Waals surface area contributed by atoms with E-state index < -0.39 is 49.6 Å². The Morgan fingerprint density at radius 3 is 1.29 bits per heavy atom. The number of benzene rings is 2. The molecule has 0 aliphatic heterocycles. The minimum Gasteiger partial charge on any atom is -0.452 e. The highest BCUT2D eigenvalue weighted by molar-refractivity contribution is 5.90. The van der Waals surface area contributed by atoms with Crippen LogP contribution in [0.5, 0.6) is 0 Å². The summed E-state index contributed by atoms with van der Waals surface area (Å²) in [4.78, 5) is 24.7. The lowest BCUT2D eigenvalue weighted by Crippen LogP contribution is -2.51. The number of aliphatic hydroxyl groups is 4. The zero-order valence-electron chi connectivity index (χ0n) is 14.9. The summed E-state index contributed by atoms with van der Waals surface area (Å²) in [7, 11) is 0. The minimum atomic E-state index is -1.66. The van der Waals surface area contributed by atoms with E-state index in [0.717, 1.165) is 0 Å². The van der Waals surface area contributed by atoms with Crippen LogP contribution in [0.15, 0.2) is 60.7 Å². The van der Waals surface area contributed by atoms with E-state index in [0.29, 0.717) is 0 Å². The molecule has 0 amide bonds. The molecular formula is C20H22O8. The van der Waals surface area contributed by atoms with Gasteiger partial charge >= 0.3 is 11.9 Å². The zero-order chi connectivity index (χ0) is 20.5. The first-order valence-corrected chi connectivity index (χ1v) is 8.57. The number of carbonyl (C=O) groups excluding carboxylic acids is 2. The van der Waals surface area contributed by atoms with Gasteiger partial charge in [0.05, 0.1) is 24.3 Å². The van der Waals surface area contributed by atoms with Gasteiger partial charge in [0, 0.05) is 0 Å². The highest BCUT2D eigenvalue weighted by Crippen LogP contribution is 2.18. The molecule has 28 heavy (non-hydrogen) atoms. The number of esters is 2. The predicted octanol–water partition coefficient (Wildman–Crippen LogP) is 0.144. The van der Waals surface area contributed by atoms with Crippen LogP contribution in [-0.2, 0) is 9.47 Å². The molecular weight excluding hydrogens is 368 g/mol. The predicted molar refractivity (Wildman–Crippen MR) is 97.5 cm³/mol. The van der Waals surface area contributed by atoms with E-state index in [-0.39, 0.29) is 11.1 Å². The summed E-state index contributed by atoms with van der Waals surface area (Å²) in [6.45, 7) is -1.66. The van der Waals surface area contributed by atoms with Crippen molar-refractivity contribution < 1.29 is 39.5 Å². The van der Waals surface area contributed by atoms with Crippen molar-refractivity contribution in [2.75, 3.05) is 13.2 Å². The van der Waals surface area contributed by atoms with Gasteiger partial charge in [-0.05, 0) is 24.3 Å². The molecule has 8 nitrogen and oxygen atoms in total. The van der Waals surface area contributed by atoms with Gasteiger partial charge in [-0.1, -0.05) is 36.4 Å². The van der Waals surface area contributed by atoms with Crippen molar-refractivity contribution in [3.8, 4) is 0 Å². The summed E-state index contributed by atoms with van der Waals surface area (Å²) in [6.07, 6.45) is -6.56. The third kappa shape index (κ3) is 5.61. The van der Waals surface area contributed by atoms with Gasteiger partial charge in [-0.15, -0.1) is 0 Å². The summed E-state index contributed by atoms with van der Waals surface area (Å²) in [5, 5.41) is 38.8. The van der Waals surface area contributed by atoms with Crippen LogP contribution in [0.2, 0.25) is 0 Å². The molecule has 4 atom stereocenters. The standard InChI is InChI=1S/C20H22O8/c21-11-15(23)17(27-19(25)13-7-3-1-4-8-13)18(16(24)12-22)28-20(26)14-9-5-2-6-10-14/h1-10,15-18,21-24H,11-12H2/t15-,16-,17-,18-/m1/s1. The molecule has 2 rings (SSSR count). The number of carbonyl (C=O) groups is 2. The van der Waals surface area contributed by atoms with Gasteiger partial charge < -0.3 is 29.9 Å². The van der Waals surface area contributed by atoms with Gasteiger partial charge in [0.25, 0.3) is 0 Å². The fourth-order valence-corrected chi connectivity index (χ4v) is 2.47. The number of hydrogen-bond acceptors (Lipinski definition) is 8. The smallest absolute Gasteiger partial charge is 0.338 e. The van der Waals surface area contributed by atoms with E-state index in [4.69, 9.17) is 9.47 Å². The molecule has 4 N–H and O–H groups in total. The molecule has 0 saturated heterocycles. The van der Waals surface area contributed by atoms with Crippen molar-refractivity contribution in [2.24, 2.45) is 0 Å². The Morgan fingerprint density at radius 1 is 0.679 bits per heavy atom. The molecule has 0 aromatic heterocycles. The van der Waals surface area contributed by atoms with Crippen LogP contribution in [0.4, 0.5) is 0 Å². The Bertz CT molecular complexity index is 684. The number of hydrogen-bond donors (Lipinski definition) is 4. The van der Waals surface area contributed by atoms with Gasteiger partial charge in [-0.3, -0.25) is 0 Å². The zero-order valence-corrected chi connectivity index (χ0v) is 14.9. The Kier molecular flexibility index (Phi) is 8.09. The maximum absolute atomic E-state index is 12.3. The average Bonchev–Trinajstić information content (AvgIpc) is 2.75. The lowest BCUT2D eigenvalue weighted by atomic mass is 10.0. The Balaban J connectivity index is 2.26. The minimum absolute atomic E-state index is 0.157. The molecule has 2 aromatic rings. The van der Waals surface area contributed by atoms with E-state index in [1.54, 1.807) is 36.4 Å². The Hall–Kier alpha value is -2.78. The molecule has 0 aliphatic carbocycles. The van der Waals surface area contributed by atoms with Crippen LogP contribution in [0, 0.1) is 0 Å². The average molecular weight is 390 g/mol. The van der Waals surface area contributed by atoms with Gasteiger partial charge in [0.2, 0.25) is 0 Å². The molecule has 0 radical (unpaired) electrons. The van der Waals surface area contributed by atoms with E-state index in [1.807, 2.05) is 0 Å². The van der Waals surface area contributed by atoms with Crippen molar-refractivity contribution in [3.63, 3.8) is 0 Å². The van der Waals surface area contributed by atoms with Crippen LogP contribution in [-0.4, -0.2) is 70.0 Å². The summed E-state index contributed by atoms with van der Waals surface area (Å²) in [5.41, 5.74) is 0.313. The first-order valence-electron chi connectivity index (χ1n) is 8.57. The molecule has 0 bridgehead atoms. The largest absolute Gasteiger partial charge is 0.452 e. The van der Waals surface area contributed by atoms with E-state index in [9.17, 15) is 30.0 Å². The molecule has 0 fully saturated rings. The number of aliphatic hydroxyl groups excluding tert-OH is 4. The first-order chi connectivity index (χ1) is 13.5. The summed E-state index contributed by atoms with van der Waals surface area (Å²) in [5.74, 6) is -1.71. The molecule has 2 aromatic carbocycles. The van der Waals surface area contributed by atoms with E-state index >= 15 is 0 Å². The van der Waals surface area contributed by atoms with Gasteiger partial charge in [0.15, 0.2) is 12.2 Å². The Labute approximate surface area is 161 Å². The Morgan fingerprint density at radius 2 is 1.00 bits per heavy atom. The van der Waals surface area contributed by atoms with Crippen LogP contribution < -0.4 is 0 Å². The second-order valence-electron chi connectivity index (χ2n) is 5.97. The third-order valence-electron chi connectivity index (χ3n) is 3.96. The quantitative estimate of drug-likeness (QED) is 0.445. The number of rotatable bonds is 9. The van der Waals surface area contributed by atoms with Gasteiger partial charge in [-0.25, -0.2) is 9.59 Å². The molecule has 0 aliphatic rings. The van der Waals surface area contributed by atoms with E-state index in [1.165, 1.54) is 24.3 Å². The van der Waals surface area contributed by atoms with Crippen LogP contribution in [0.25, 0.3) is 0 Å². The lowest BCUT2D eigenvalue weighted by molar-refractivity contribution is -0.132. The van der Waals surface area contributed by atoms with Crippen LogP contribution in [0.1, 0.15) is 20.7 Å². The maximum Gasteiger partial charge on any atom is 0.338 e. The number of ether oxygens (including phenoxy) is 2. The van der Waals surface area contributed by atoms with Gasteiger partial charge in [-0.2, -0.15) is 0 Å². The normalized spacial score (nSPS) is 15.1. The van der Waals surface area contributed by atoms with Gasteiger partial charge in [0.1, 0.15) is 12.2 Å². The summed E-state index contributed by atoms with van der Waals surface area (Å²) < 4.78 is 10.4. The fourth-order valence-electron chi connectivity index (χ4n) is 2.47. The van der Waals surface area contributed by atoms with Crippen LogP contribution in [0.3, 0.4) is 0 Å². The molecule has 8 heteroatoms. The topological polar surface area (TPSA) is 134 Å². The van der Waals surface area contributed by atoms with Crippen LogP contribution >= 0.6 is 0 Å². The molecule has 150 valence electrons. The third-order valence-corrected chi connectivity index (χ3v) is 3.96. The molecule has 0 saturated carbocycles. The van der Waals surface area contributed by atoms with Crippen molar-refractivity contribution in [3.05, 3.63) is 71.8 Å². The summed E-state index contributed by atoms with van der Waals surface area (Å²) >= 11 is 0. The lowest BCUT2D eigenvalue weighted by Gasteiger charge is -2.32. The van der Waals surface area contributed by atoms with E-state index in [2.05, 4.69) is 0 Å². The highest BCUT2D eigenvalue weighted by atomic mass is 16.6. The second kappa shape index (κ2) is 10.5. The molecule has 0 spiro atoms. The maximum atomic E-state index is 12.3.